The van der Waals surface area contributed by atoms with E-state index in [0.29, 0.717) is 25.3 Å². The Labute approximate surface area is 164 Å². The Morgan fingerprint density at radius 2 is 2.04 bits per heavy atom. The molecule has 0 aliphatic carbocycles. The van der Waals surface area contributed by atoms with Crippen LogP contribution in [0.5, 0.6) is 0 Å². The molecule has 146 valence electrons. The van der Waals surface area contributed by atoms with Gasteiger partial charge < -0.3 is 15.4 Å². The van der Waals surface area contributed by atoms with Gasteiger partial charge >= 0.3 is 5.97 Å². The van der Waals surface area contributed by atoms with E-state index in [1.165, 1.54) is 0 Å². The number of amides is 1. The van der Waals surface area contributed by atoms with Gasteiger partial charge in [-0.2, -0.15) is 5.10 Å². The van der Waals surface area contributed by atoms with Gasteiger partial charge in [0.15, 0.2) is 0 Å². The summed E-state index contributed by atoms with van der Waals surface area (Å²) in [5, 5.41) is 10.5. The Morgan fingerprint density at radius 1 is 1.30 bits per heavy atom. The highest BCUT2D eigenvalue weighted by Crippen LogP contribution is 2.27. The number of aryl methyl sites for hydroxylation is 1. The molecule has 2 heterocycles. The lowest BCUT2D eigenvalue weighted by Crippen LogP contribution is -2.33. The van der Waals surface area contributed by atoms with Crippen molar-refractivity contribution in [1.29, 1.82) is 0 Å². The highest BCUT2D eigenvalue weighted by atomic mass is 35.5. The van der Waals surface area contributed by atoms with Gasteiger partial charge in [-0.3, -0.25) is 9.48 Å². The third kappa shape index (κ3) is 5.08. The molecule has 3 rings (SSSR count). The van der Waals surface area contributed by atoms with E-state index in [1.807, 2.05) is 31.6 Å². The van der Waals surface area contributed by atoms with Crippen molar-refractivity contribution in [3.05, 3.63) is 53.3 Å². The molecule has 1 saturated heterocycles. The van der Waals surface area contributed by atoms with Crippen LogP contribution in [0.2, 0.25) is 0 Å². The van der Waals surface area contributed by atoms with Crippen LogP contribution in [-0.2, 0) is 23.1 Å². The van der Waals surface area contributed by atoms with Crippen LogP contribution in [-0.4, -0.2) is 41.4 Å². The molecule has 0 radical (unpaired) electrons. The summed E-state index contributed by atoms with van der Waals surface area (Å²) in [6.07, 6.45) is 3.79. The number of hydrogen-bond donors (Lipinski definition) is 2. The second-order valence-corrected chi connectivity index (χ2v) is 6.45. The van der Waals surface area contributed by atoms with Crippen LogP contribution in [0.15, 0.2) is 36.7 Å². The van der Waals surface area contributed by atoms with Crippen molar-refractivity contribution >= 4 is 24.3 Å². The van der Waals surface area contributed by atoms with Crippen LogP contribution >= 0.6 is 12.4 Å². The highest BCUT2D eigenvalue weighted by molar-refractivity contribution is 5.89. The molecule has 1 aromatic carbocycles. The smallest absolute Gasteiger partial charge is 0.338 e. The Morgan fingerprint density at radius 3 is 2.67 bits per heavy atom. The molecule has 2 atom stereocenters. The van der Waals surface area contributed by atoms with E-state index in [2.05, 4.69) is 15.7 Å². The maximum Gasteiger partial charge on any atom is 0.338 e. The number of nitrogens with one attached hydrogen (secondary N) is 2. The van der Waals surface area contributed by atoms with E-state index in [4.69, 9.17) is 4.74 Å². The minimum Gasteiger partial charge on any atom is -0.462 e. The second-order valence-electron chi connectivity index (χ2n) is 6.45. The first kappa shape index (κ1) is 20.9. The lowest BCUT2D eigenvalue weighted by molar-refractivity contribution is -0.125. The average Bonchev–Trinajstić information content (AvgIpc) is 3.29. The summed E-state index contributed by atoms with van der Waals surface area (Å²) in [7, 11) is 1.88. The molecule has 1 aliphatic heterocycles. The van der Waals surface area contributed by atoms with Crippen molar-refractivity contribution in [2.45, 2.75) is 19.4 Å². The lowest BCUT2D eigenvalue weighted by Gasteiger charge is -2.17. The van der Waals surface area contributed by atoms with Crippen LogP contribution in [0.4, 0.5) is 0 Å². The first-order valence-corrected chi connectivity index (χ1v) is 8.81. The predicted molar refractivity (Wildman–Crippen MR) is 104 cm³/mol. The number of esters is 1. The van der Waals surface area contributed by atoms with Gasteiger partial charge in [0.2, 0.25) is 5.91 Å². The number of ether oxygens (including phenoxy) is 1. The fourth-order valence-corrected chi connectivity index (χ4v) is 3.23. The second kappa shape index (κ2) is 9.53. The average molecular weight is 393 g/mol. The van der Waals surface area contributed by atoms with Gasteiger partial charge in [0.05, 0.1) is 24.3 Å². The minimum absolute atomic E-state index is 0. The molecule has 1 aromatic heterocycles. The van der Waals surface area contributed by atoms with E-state index >= 15 is 0 Å². The van der Waals surface area contributed by atoms with Crippen molar-refractivity contribution in [3.8, 4) is 0 Å². The van der Waals surface area contributed by atoms with E-state index in [0.717, 1.165) is 17.7 Å². The summed E-state index contributed by atoms with van der Waals surface area (Å²) in [4.78, 5) is 24.3. The topological polar surface area (TPSA) is 85.2 Å². The van der Waals surface area contributed by atoms with Crippen molar-refractivity contribution < 1.29 is 14.3 Å². The Bertz CT molecular complexity index is 776. The molecule has 0 saturated carbocycles. The molecule has 1 amide bonds. The molecule has 27 heavy (non-hydrogen) atoms. The maximum absolute atomic E-state index is 12.6. The fourth-order valence-electron chi connectivity index (χ4n) is 3.23. The summed E-state index contributed by atoms with van der Waals surface area (Å²) < 4.78 is 6.72. The highest BCUT2D eigenvalue weighted by Gasteiger charge is 2.34. The number of halogens is 1. The SMILES string of the molecule is CCOC(=O)c1ccc(CNC(=O)[C@H]2CNC[C@@H]2c2cnn(C)c2)cc1.Cl. The summed E-state index contributed by atoms with van der Waals surface area (Å²) in [6.45, 7) is 3.99. The third-order valence-electron chi connectivity index (χ3n) is 4.64. The normalized spacial score (nSPS) is 18.6. The number of benzene rings is 1. The monoisotopic (exact) mass is 392 g/mol. The summed E-state index contributed by atoms with van der Waals surface area (Å²) in [6, 6.07) is 7.10. The zero-order valence-electron chi connectivity index (χ0n) is 15.5. The van der Waals surface area contributed by atoms with Gasteiger partial charge in [0.1, 0.15) is 0 Å². The lowest BCUT2D eigenvalue weighted by atomic mass is 9.90. The van der Waals surface area contributed by atoms with E-state index in [9.17, 15) is 9.59 Å². The van der Waals surface area contributed by atoms with Gasteiger partial charge in [0.25, 0.3) is 0 Å². The van der Waals surface area contributed by atoms with Crippen molar-refractivity contribution in [1.82, 2.24) is 20.4 Å². The molecule has 2 aromatic rings. The Hall–Kier alpha value is -2.38. The third-order valence-corrected chi connectivity index (χ3v) is 4.64. The van der Waals surface area contributed by atoms with Gasteiger partial charge in [-0.1, -0.05) is 12.1 Å². The minimum atomic E-state index is -0.334. The standard InChI is InChI=1S/C19H24N4O3.ClH/c1-3-26-19(25)14-6-4-13(5-7-14)8-21-18(24)17-11-20-10-16(17)15-9-22-23(2)12-15;/h4-7,9,12,16-17,20H,3,8,10-11H2,1-2H3,(H,21,24);1H/t16-,17+;/m1./s1. The quantitative estimate of drug-likeness (QED) is 0.730. The maximum atomic E-state index is 12.6. The van der Waals surface area contributed by atoms with E-state index < -0.39 is 0 Å². The van der Waals surface area contributed by atoms with Crippen LogP contribution in [0.1, 0.15) is 34.3 Å². The molecule has 1 aliphatic rings. The van der Waals surface area contributed by atoms with Crippen LogP contribution < -0.4 is 10.6 Å². The molecule has 2 N–H and O–H groups in total. The van der Waals surface area contributed by atoms with Crippen LogP contribution in [0.25, 0.3) is 0 Å². The number of carbonyl (C=O) groups excluding carboxylic acids is 2. The largest absolute Gasteiger partial charge is 0.462 e. The number of nitrogens with zero attached hydrogens (tertiary/aromatic N) is 2. The number of hydrogen-bond acceptors (Lipinski definition) is 5. The van der Waals surface area contributed by atoms with Gasteiger partial charge in [-0.05, 0) is 30.2 Å². The van der Waals surface area contributed by atoms with Crippen molar-refractivity contribution in [2.75, 3.05) is 19.7 Å². The molecule has 7 nitrogen and oxygen atoms in total. The Kier molecular flexibility index (Phi) is 7.38. The molecule has 1 fully saturated rings. The van der Waals surface area contributed by atoms with Gasteiger partial charge in [0, 0.05) is 38.8 Å². The molecule has 0 spiro atoms. The van der Waals surface area contributed by atoms with E-state index in [-0.39, 0.29) is 36.1 Å². The predicted octanol–water partition coefficient (Wildman–Crippen LogP) is 1.64. The molecule has 0 unspecified atom stereocenters. The van der Waals surface area contributed by atoms with E-state index in [1.54, 1.807) is 23.7 Å². The summed E-state index contributed by atoms with van der Waals surface area (Å²) >= 11 is 0. The van der Waals surface area contributed by atoms with Gasteiger partial charge in [-0.25, -0.2) is 4.79 Å². The van der Waals surface area contributed by atoms with Crippen LogP contribution in [0, 0.1) is 5.92 Å². The number of rotatable bonds is 6. The summed E-state index contributed by atoms with van der Waals surface area (Å²) in [5.41, 5.74) is 2.53. The molecule has 8 heteroatoms. The van der Waals surface area contributed by atoms with Crippen molar-refractivity contribution in [2.24, 2.45) is 13.0 Å². The molecular weight excluding hydrogens is 368 g/mol. The summed E-state index contributed by atoms with van der Waals surface area (Å²) in [5.74, 6) is -0.286. The zero-order chi connectivity index (χ0) is 18.5. The Balaban J connectivity index is 0.00000261. The fraction of sp³-hybridized carbons (Fsp3) is 0.421. The first-order chi connectivity index (χ1) is 12.6. The van der Waals surface area contributed by atoms with Crippen molar-refractivity contribution in [3.63, 3.8) is 0 Å². The molecular formula is C19H25ClN4O3. The zero-order valence-corrected chi connectivity index (χ0v) is 16.3. The molecule has 0 bridgehead atoms. The van der Waals surface area contributed by atoms with Crippen LogP contribution in [0.3, 0.4) is 0 Å². The number of carbonyl (C=O) groups is 2. The first-order valence-electron chi connectivity index (χ1n) is 8.81. The number of aromatic nitrogens is 2. The van der Waals surface area contributed by atoms with Gasteiger partial charge in [-0.15, -0.1) is 12.4 Å².